The molecule has 1 aliphatic rings. The van der Waals surface area contributed by atoms with E-state index in [1.165, 1.54) is 23.3 Å². The van der Waals surface area contributed by atoms with Gasteiger partial charge in [-0.25, -0.2) is 14.2 Å². The van der Waals surface area contributed by atoms with Crippen LogP contribution in [0.15, 0.2) is 66.7 Å². The number of alkyl halides is 3. The molecule has 1 amide bonds. The zero-order valence-electron chi connectivity index (χ0n) is 21.9. The van der Waals surface area contributed by atoms with Crippen molar-refractivity contribution >= 4 is 22.9 Å². The number of likely N-dealkylation sites (tertiary alicyclic amines) is 1. The Morgan fingerprint density at radius 2 is 1.73 bits per heavy atom. The molecule has 1 saturated heterocycles. The third-order valence-corrected chi connectivity index (χ3v) is 6.80. The van der Waals surface area contributed by atoms with E-state index in [-0.39, 0.29) is 11.7 Å². The van der Waals surface area contributed by atoms with Crippen LogP contribution in [-0.2, 0) is 16.1 Å². The predicted molar refractivity (Wildman–Crippen MR) is 143 cm³/mol. The Hall–Kier alpha value is -4.25. The quantitative estimate of drug-likeness (QED) is 0.307. The van der Waals surface area contributed by atoms with Gasteiger partial charge in [0.2, 0.25) is 5.91 Å². The molecule has 1 atom stereocenters. The number of aliphatic carboxylic acids is 1. The number of imidazole rings is 1. The van der Waals surface area contributed by atoms with Crippen LogP contribution < -0.4 is 0 Å². The van der Waals surface area contributed by atoms with Gasteiger partial charge >= 0.3 is 12.1 Å². The van der Waals surface area contributed by atoms with E-state index in [0.717, 1.165) is 48.5 Å². The molecule has 0 radical (unpaired) electrons. The van der Waals surface area contributed by atoms with E-state index < -0.39 is 12.1 Å². The highest BCUT2D eigenvalue weighted by atomic mass is 19.4. The molecule has 5 rings (SSSR count). The molecule has 4 aromatic rings. The maximum Gasteiger partial charge on any atom is 0.490 e. The summed E-state index contributed by atoms with van der Waals surface area (Å²) in [5.41, 5.74) is 5.98. The summed E-state index contributed by atoms with van der Waals surface area (Å²) in [7, 11) is 1.89. The van der Waals surface area contributed by atoms with Gasteiger partial charge in [-0.05, 0) is 47.4 Å². The number of carboxylic acid groups (broad SMARTS) is 1. The number of likely N-dealkylation sites (N-methyl/N-ethyl adjacent to an activating group) is 1. The van der Waals surface area contributed by atoms with Crippen molar-refractivity contribution in [1.29, 1.82) is 0 Å². The Morgan fingerprint density at radius 1 is 1.05 bits per heavy atom. The molecular formula is C29H28F4N4O3. The SMILES string of the molecule is CC(=O)N(C)C1CCN(Cc2cccc(-c3ccc(-c4nc5ccc(F)cc5[nH]4)cc3)c2)C1.O=C(O)C(F)(F)F. The highest BCUT2D eigenvalue weighted by molar-refractivity contribution is 5.80. The molecule has 7 nitrogen and oxygen atoms in total. The van der Waals surface area contributed by atoms with Gasteiger partial charge in [0.25, 0.3) is 0 Å². The molecule has 40 heavy (non-hydrogen) atoms. The maximum absolute atomic E-state index is 13.5. The number of carbonyl (C=O) groups excluding carboxylic acids is 1. The second-order valence-corrected chi connectivity index (χ2v) is 9.64. The van der Waals surface area contributed by atoms with Crippen LogP contribution in [0.4, 0.5) is 17.6 Å². The largest absolute Gasteiger partial charge is 0.490 e. The van der Waals surface area contributed by atoms with Crippen LogP contribution >= 0.6 is 0 Å². The Balaban J connectivity index is 0.000000470. The number of hydrogen-bond donors (Lipinski definition) is 2. The van der Waals surface area contributed by atoms with Crippen LogP contribution in [-0.4, -0.2) is 69.1 Å². The van der Waals surface area contributed by atoms with Crippen molar-refractivity contribution in [3.05, 3.63) is 78.1 Å². The normalized spacial score (nSPS) is 15.5. The number of fused-ring (bicyclic) bond motifs is 1. The number of amides is 1. The van der Waals surface area contributed by atoms with Gasteiger partial charge in [-0.15, -0.1) is 0 Å². The molecule has 0 spiro atoms. The predicted octanol–water partition coefficient (Wildman–Crippen LogP) is 5.72. The first-order valence-electron chi connectivity index (χ1n) is 12.5. The summed E-state index contributed by atoms with van der Waals surface area (Å²) in [6.45, 7) is 4.42. The standard InChI is InChI=1S/C27H27FN4O.C2HF3O2/c1-18(33)31(2)24-12-13-32(17-24)16-19-4-3-5-22(14-19)20-6-8-21(9-7-20)27-29-25-11-10-23(28)15-26(25)30-27;3-2(4,5)1(6)7/h3-11,14-15,24H,12-13,16-17H2,1-2H3,(H,29,30);(H,6,7). The highest BCUT2D eigenvalue weighted by Crippen LogP contribution is 2.27. The van der Waals surface area contributed by atoms with Gasteiger partial charge in [0.05, 0.1) is 11.0 Å². The monoisotopic (exact) mass is 556 g/mol. The molecule has 210 valence electrons. The fourth-order valence-electron chi connectivity index (χ4n) is 4.58. The molecule has 1 unspecified atom stereocenters. The number of aromatic amines is 1. The van der Waals surface area contributed by atoms with Crippen LogP contribution in [0.2, 0.25) is 0 Å². The van der Waals surface area contributed by atoms with Crippen LogP contribution in [0.25, 0.3) is 33.5 Å². The minimum absolute atomic E-state index is 0.127. The van der Waals surface area contributed by atoms with Crippen molar-refractivity contribution in [1.82, 2.24) is 19.8 Å². The third kappa shape index (κ3) is 7.03. The summed E-state index contributed by atoms with van der Waals surface area (Å²) >= 11 is 0. The number of nitrogens with one attached hydrogen (secondary N) is 1. The lowest BCUT2D eigenvalue weighted by molar-refractivity contribution is -0.192. The van der Waals surface area contributed by atoms with Gasteiger partial charge < -0.3 is 15.0 Å². The molecule has 11 heteroatoms. The minimum atomic E-state index is -5.08. The molecule has 1 fully saturated rings. The first-order valence-corrected chi connectivity index (χ1v) is 12.5. The summed E-state index contributed by atoms with van der Waals surface area (Å²) in [6, 6.07) is 21.8. The number of H-pyrrole nitrogens is 1. The smallest absolute Gasteiger partial charge is 0.475 e. The van der Waals surface area contributed by atoms with E-state index in [9.17, 15) is 22.4 Å². The number of aromatic nitrogens is 2. The van der Waals surface area contributed by atoms with Gasteiger partial charge in [-0.1, -0.05) is 42.5 Å². The summed E-state index contributed by atoms with van der Waals surface area (Å²) in [6.07, 6.45) is -4.06. The van der Waals surface area contributed by atoms with Gasteiger partial charge in [0, 0.05) is 45.2 Å². The molecule has 0 aliphatic carbocycles. The van der Waals surface area contributed by atoms with Crippen molar-refractivity contribution in [2.45, 2.75) is 32.1 Å². The Labute approximate surface area is 228 Å². The lowest BCUT2D eigenvalue weighted by atomic mass is 10.0. The summed E-state index contributed by atoms with van der Waals surface area (Å²) in [5, 5.41) is 7.12. The van der Waals surface area contributed by atoms with E-state index in [1.807, 2.05) is 24.1 Å². The number of benzene rings is 3. The molecule has 0 saturated carbocycles. The van der Waals surface area contributed by atoms with Crippen molar-refractivity contribution in [2.75, 3.05) is 20.1 Å². The van der Waals surface area contributed by atoms with Crippen LogP contribution in [0.5, 0.6) is 0 Å². The molecule has 2 heterocycles. The van der Waals surface area contributed by atoms with E-state index in [2.05, 4.69) is 51.3 Å². The van der Waals surface area contributed by atoms with Crippen molar-refractivity contribution < 1.29 is 32.3 Å². The van der Waals surface area contributed by atoms with E-state index in [1.54, 1.807) is 13.0 Å². The Kier molecular flexibility index (Phi) is 8.53. The average Bonchev–Trinajstić information content (AvgIpc) is 3.55. The fraction of sp³-hybridized carbons (Fsp3) is 0.276. The maximum atomic E-state index is 13.5. The lowest BCUT2D eigenvalue weighted by Crippen LogP contribution is -2.37. The molecule has 1 aliphatic heterocycles. The number of halogens is 4. The number of carboxylic acids is 1. The van der Waals surface area contributed by atoms with Gasteiger partial charge in [-0.2, -0.15) is 13.2 Å². The van der Waals surface area contributed by atoms with Gasteiger partial charge in [-0.3, -0.25) is 9.69 Å². The zero-order chi connectivity index (χ0) is 29.0. The molecular weight excluding hydrogens is 528 g/mol. The Bertz CT molecular complexity index is 1500. The van der Waals surface area contributed by atoms with Gasteiger partial charge in [0.15, 0.2) is 0 Å². The van der Waals surface area contributed by atoms with E-state index >= 15 is 0 Å². The number of nitrogens with zero attached hydrogens (tertiary/aromatic N) is 3. The van der Waals surface area contributed by atoms with Crippen molar-refractivity contribution in [3.63, 3.8) is 0 Å². The van der Waals surface area contributed by atoms with Crippen molar-refractivity contribution in [2.24, 2.45) is 0 Å². The molecule has 2 N–H and O–H groups in total. The summed E-state index contributed by atoms with van der Waals surface area (Å²) in [4.78, 5) is 32.6. The average molecular weight is 557 g/mol. The number of hydrogen-bond acceptors (Lipinski definition) is 4. The van der Waals surface area contributed by atoms with E-state index in [0.29, 0.717) is 11.6 Å². The topological polar surface area (TPSA) is 89.5 Å². The molecule has 3 aromatic carbocycles. The Morgan fingerprint density at radius 3 is 2.38 bits per heavy atom. The number of rotatable bonds is 5. The zero-order valence-corrected chi connectivity index (χ0v) is 21.9. The van der Waals surface area contributed by atoms with Crippen LogP contribution in [0.1, 0.15) is 18.9 Å². The highest BCUT2D eigenvalue weighted by Gasteiger charge is 2.38. The van der Waals surface area contributed by atoms with Crippen molar-refractivity contribution in [3.8, 4) is 22.5 Å². The molecule has 0 bridgehead atoms. The summed E-state index contributed by atoms with van der Waals surface area (Å²) < 4.78 is 45.2. The number of carbonyl (C=O) groups is 2. The first kappa shape index (κ1) is 28.8. The second-order valence-electron chi connectivity index (χ2n) is 9.64. The van der Waals surface area contributed by atoms with Crippen LogP contribution in [0, 0.1) is 5.82 Å². The minimum Gasteiger partial charge on any atom is -0.475 e. The first-order chi connectivity index (χ1) is 18.9. The third-order valence-electron chi connectivity index (χ3n) is 6.80. The second kappa shape index (κ2) is 11.9. The van der Waals surface area contributed by atoms with Gasteiger partial charge in [0.1, 0.15) is 11.6 Å². The molecule has 1 aromatic heterocycles. The fourth-order valence-corrected chi connectivity index (χ4v) is 4.58. The lowest BCUT2D eigenvalue weighted by Gasteiger charge is -2.23. The summed E-state index contributed by atoms with van der Waals surface area (Å²) in [5.74, 6) is -2.17. The van der Waals surface area contributed by atoms with E-state index in [4.69, 9.17) is 9.90 Å². The van der Waals surface area contributed by atoms with Crippen LogP contribution in [0.3, 0.4) is 0 Å².